The highest BCUT2D eigenvalue weighted by Gasteiger charge is 2.05. The largest absolute Gasteiger partial charge is 0.329 e. The van der Waals surface area contributed by atoms with Gasteiger partial charge in [-0.15, -0.1) is 0 Å². The zero-order valence-electron chi connectivity index (χ0n) is 5.19. The lowest BCUT2D eigenvalue weighted by molar-refractivity contribution is 0.132. The first-order valence-electron chi connectivity index (χ1n) is 2.90. The summed E-state index contributed by atoms with van der Waals surface area (Å²) in [4.78, 5) is 0. The molecule has 0 aromatic heterocycles. The SMILES string of the molecule is NC[C@@H](N)CCC(F)F. The summed E-state index contributed by atoms with van der Waals surface area (Å²) in [5.74, 6) is 0. The van der Waals surface area contributed by atoms with Gasteiger partial charge in [0.25, 0.3) is 0 Å². The van der Waals surface area contributed by atoms with Gasteiger partial charge in [-0.25, -0.2) is 8.78 Å². The van der Waals surface area contributed by atoms with Crippen molar-refractivity contribution < 1.29 is 8.78 Å². The summed E-state index contributed by atoms with van der Waals surface area (Å²) < 4.78 is 22.9. The second kappa shape index (κ2) is 4.64. The van der Waals surface area contributed by atoms with Gasteiger partial charge in [-0.2, -0.15) is 0 Å². The molecular weight excluding hydrogens is 126 g/mol. The standard InChI is InChI=1S/C5H12F2N2/c6-5(7)2-1-4(9)3-8/h4-5H,1-3,8-9H2/t4-/m0/s1. The zero-order chi connectivity index (χ0) is 7.28. The Balaban J connectivity index is 3.06. The van der Waals surface area contributed by atoms with Crippen molar-refractivity contribution in [1.82, 2.24) is 0 Å². The van der Waals surface area contributed by atoms with Gasteiger partial charge in [0.2, 0.25) is 6.43 Å². The average Bonchev–Trinajstić information content (AvgIpc) is 1.83. The fourth-order valence-corrected chi connectivity index (χ4v) is 0.458. The molecule has 2 nitrogen and oxygen atoms in total. The van der Waals surface area contributed by atoms with Gasteiger partial charge >= 0.3 is 0 Å². The Morgan fingerprint density at radius 1 is 1.22 bits per heavy atom. The molecule has 0 rings (SSSR count). The van der Waals surface area contributed by atoms with E-state index in [1.54, 1.807) is 0 Å². The first kappa shape index (κ1) is 8.78. The van der Waals surface area contributed by atoms with E-state index in [2.05, 4.69) is 0 Å². The molecule has 0 radical (unpaired) electrons. The normalized spacial score (nSPS) is 14.3. The van der Waals surface area contributed by atoms with E-state index in [1.165, 1.54) is 0 Å². The molecule has 0 saturated carbocycles. The second-order valence-corrected chi connectivity index (χ2v) is 1.96. The maximum atomic E-state index is 11.4. The van der Waals surface area contributed by atoms with Crippen LogP contribution in [-0.4, -0.2) is 19.0 Å². The maximum Gasteiger partial charge on any atom is 0.238 e. The van der Waals surface area contributed by atoms with Crippen LogP contribution in [0.4, 0.5) is 8.78 Å². The highest BCUT2D eigenvalue weighted by molar-refractivity contribution is 4.61. The molecule has 56 valence electrons. The Kier molecular flexibility index (Phi) is 4.53. The third-order valence-corrected chi connectivity index (χ3v) is 1.06. The van der Waals surface area contributed by atoms with E-state index in [1.807, 2.05) is 0 Å². The van der Waals surface area contributed by atoms with Crippen molar-refractivity contribution in [3.05, 3.63) is 0 Å². The number of hydrogen-bond acceptors (Lipinski definition) is 2. The van der Waals surface area contributed by atoms with Crippen LogP contribution in [0.3, 0.4) is 0 Å². The van der Waals surface area contributed by atoms with Crippen molar-refractivity contribution in [3.8, 4) is 0 Å². The minimum absolute atomic E-state index is 0.141. The Morgan fingerprint density at radius 3 is 2.11 bits per heavy atom. The van der Waals surface area contributed by atoms with Crippen LogP contribution in [-0.2, 0) is 0 Å². The van der Waals surface area contributed by atoms with Gasteiger partial charge in [0.05, 0.1) is 0 Å². The van der Waals surface area contributed by atoms with Gasteiger partial charge in [0.15, 0.2) is 0 Å². The maximum absolute atomic E-state index is 11.4. The number of hydrogen-bond donors (Lipinski definition) is 2. The van der Waals surface area contributed by atoms with Crippen molar-refractivity contribution in [1.29, 1.82) is 0 Å². The number of rotatable bonds is 4. The third-order valence-electron chi connectivity index (χ3n) is 1.06. The van der Waals surface area contributed by atoms with Crippen molar-refractivity contribution in [2.24, 2.45) is 11.5 Å². The minimum atomic E-state index is -2.25. The smallest absolute Gasteiger partial charge is 0.238 e. The molecule has 0 unspecified atom stereocenters. The van der Waals surface area contributed by atoms with Gasteiger partial charge in [0.1, 0.15) is 0 Å². The van der Waals surface area contributed by atoms with E-state index in [4.69, 9.17) is 11.5 Å². The quantitative estimate of drug-likeness (QED) is 0.587. The summed E-state index contributed by atoms with van der Waals surface area (Å²) in [7, 11) is 0. The highest BCUT2D eigenvalue weighted by atomic mass is 19.3. The van der Waals surface area contributed by atoms with Gasteiger partial charge in [0, 0.05) is 19.0 Å². The zero-order valence-corrected chi connectivity index (χ0v) is 5.19. The molecule has 0 saturated heterocycles. The molecule has 4 N–H and O–H groups in total. The van der Waals surface area contributed by atoms with Crippen LogP contribution in [0.2, 0.25) is 0 Å². The summed E-state index contributed by atoms with van der Waals surface area (Å²) >= 11 is 0. The van der Waals surface area contributed by atoms with Crippen molar-refractivity contribution in [3.63, 3.8) is 0 Å². The second-order valence-electron chi connectivity index (χ2n) is 1.96. The molecule has 0 aromatic carbocycles. The lowest BCUT2D eigenvalue weighted by atomic mass is 10.2. The Labute approximate surface area is 53.2 Å². The molecule has 0 spiro atoms. The van der Waals surface area contributed by atoms with Gasteiger partial charge in [-0.1, -0.05) is 0 Å². The summed E-state index contributed by atoms with van der Waals surface area (Å²) in [5, 5.41) is 0. The van der Waals surface area contributed by atoms with Crippen LogP contribution >= 0.6 is 0 Å². The van der Waals surface area contributed by atoms with Crippen molar-refractivity contribution in [2.45, 2.75) is 25.3 Å². The minimum Gasteiger partial charge on any atom is -0.329 e. The van der Waals surface area contributed by atoms with E-state index in [0.717, 1.165) is 0 Å². The molecule has 4 heteroatoms. The lowest BCUT2D eigenvalue weighted by Crippen LogP contribution is -2.29. The van der Waals surface area contributed by atoms with E-state index >= 15 is 0 Å². The molecule has 0 bridgehead atoms. The van der Waals surface area contributed by atoms with Crippen LogP contribution in [0.1, 0.15) is 12.8 Å². The van der Waals surface area contributed by atoms with Crippen LogP contribution in [0.5, 0.6) is 0 Å². The molecule has 1 atom stereocenters. The van der Waals surface area contributed by atoms with Gasteiger partial charge in [-0.3, -0.25) is 0 Å². The highest BCUT2D eigenvalue weighted by Crippen LogP contribution is 2.03. The van der Waals surface area contributed by atoms with Gasteiger partial charge < -0.3 is 11.5 Å². The summed E-state index contributed by atoms with van der Waals surface area (Å²) in [6.07, 6.45) is -2.07. The molecule has 0 heterocycles. The lowest BCUT2D eigenvalue weighted by Gasteiger charge is -2.06. The molecule has 9 heavy (non-hydrogen) atoms. The predicted octanol–water partition coefficient (Wildman–Crippen LogP) is 0.318. The van der Waals surface area contributed by atoms with Crippen molar-refractivity contribution >= 4 is 0 Å². The van der Waals surface area contributed by atoms with E-state index in [-0.39, 0.29) is 19.0 Å². The Morgan fingerprint density at radius 2 is 1.78 bits per heavy atom. The monoisotopic (exact) mass is 138 g/mol. The Bertz CT molecular complexity index is 68.0. The summed E-state index contributed by atoms with van der Waals surface area (Å²) in [6, 6.07) is -0.265. The summed E-state index contributed by atoms with van der Waals surface area (Å²) in [6.45, 7) is 0.284. The summed E-state index contributed by atoms with van der Waals surface area (Å²) in [5.41, 5.74) is 10.4. The molecule has 0 aliphatic rings. The fourth-order valence-electron chi connectivity index (χ4n) is 0.458. The van der Waals surface area contributed by atoms with Crippen LogP contribution in [0.25, 0.3) is 0 Å². The van der Waals surface area contributed by atoms with E-state index in [9.17, 15) is 8.78 Å². The van der Waals surface area contributed by atoms with Crippen LogP contribution < -0.4 is 11.5 Å². The first-order valence-corrected chi connectivity index (χ1v) is 2.90. The van der Waals surface area contributed by atoms with E-state index < -0.39 is 6.43 Å². The molecular formula is C5H12F2N2. The molecule has 0 aliphatic heterocycles. The molecule has 0 aliphatic carbocycles. The molecule has 0 fully saturated rings. The number of nitrogens with two attached hydrogens (primary N) is 2. The fraction of sp³-hybridized carbons (Fsp3) is 1.00. The Hall–Kier alpha value is -0.220. The van der Waals surface area contributed by atoms with Crippen LogP contribution in [0.15, 0.2) is 0 Å². The van der Waals surface area contributed by atoms with Crippen LogP contribution in [0, 0.1) is 0 Å². The van der Waals surface area contributed by atoms with Gasteiger partial charge in [-0.05, 0) is 6.42 Å². The topological polar surface area (TPSA) is 52.0 Å². The van der Waals surface area contributed by atoms with E-state index in [0.29, 0.717) is 6.42 Å². The third kappa shape index (κ3) is 5.65. The number of halogens is 2. The molecule has 0 amide bonds. The average molecular weight is 138 g/mol. The van der Waals surface area contributed by atoms with Crippen molar-refractivity contribution in [2.75, 3.05) is 6.54 Å². The predicted molar refractivity (Wildman–Crippen MR) is 32.3 cm³/mol. The number of alkyl halides is 2. The molecule has 0 aromatic rings. The first-order chi connectivity index (χ1) is 4.16.